The minimum absolute atomic E-state index is 0.0815. The fourth-order valence-corrected chi connectivity index (χ4v) is 5.36. The van der Waals surface area contributed by atoms with E-state index in [0.29, 0.717) is 0 Å². The van der Waals surface area contributed by atoms with Crippen LogP contribution in [0.4, 0.5) is 0 Å². The summed E-state index contributed by atoms with van der Waals surface area (Å²) in [6.07, 6.45) is 0. The van der Waals surface area contributed by atoms with E-state index < -0.39 is 41.0 Å². The van der Waals surface area contributed by atoms with Crippen molar-refractivity contribution in [2.24, 2.45) is 0 Å². The van der Waals surface area contributed by atoms with Gasteiger partial charge in [-0.3, -0.25) is 0 Å². The molecule has 0 aromatic heterocycles. The molecule has 146 valence electrons. The molecule has 2 N–H and O–H groups in total. The van der Waals surface area contributed by atoms with Gasteiger partial charge in [-0.15, -0.1) is 0 Å². The van der Waals surface area contributed by atoms with Crippen molar-refractivity contribution in [3.05, 3.63) is 71.8 Å². The van der Waals surface area contributed by atoms with Crippen LogP contribution in [0.5, 0.6) is 11.5 Å². The number of aromatic hydroxyl groups is 2. The summed E-state index contributed by atoms with van der Waals surface area (Å²) in [5.41, 5.74) is 1.70. The second-order valence-electron chi connectivity index (χ2n) is 6.42. The molecule has 3 aromatic rings. The molecule has 0 spiro atoms. The fourth-order valence-electron chi connectivity index (χ4n) is 2.66. The summed E-state index contributed by atoms with van der Waals surface area (Å²) in [4.78, 5) is -1.31. The lowest BCUT2D eigenvalue weighted by Gasteiger charge is -2.12. The first-order chi connectivity index (χ1) is 13.0. The molecule has 8 heteroatoms. The number of phenols is 2. The van der Waals surface area contributed by atoms with Crippen LogP contribution in [0, 0.1) is 13.8 Å². The minimum atomic E-state index is -4.15. The van der Waals surface area contributed by atoms with Crippen LogP contribution in [0.1, 0.15) is 11.1 Å². The molecule has 0 aliphatic heterocycles. The smallest absolute Gasteiger partial charge is 0.210 e. The van der Waals surface area contributed by atoms with Crippen molar-refractivity contribution in [3.63, 3.8) is 0 Å². The summed E-state index contributed by atoms with van der Waals surface area (Å²) in [6.45, 7) is 3.59. The van der Waals surface area contributed by atoms with Crippen molar-refractivity contribution in [1.82, 2.24) is 0 Å². The Morgan fingerprint density at radius 2 is 0.857 bits per heavy atom. The van der Waals surface area contributed by atoms with E-state index in [9.17, 15) is 27.0 Å². The Morgan fingerprint density at radius 1 is 0.571 bits per heavy atom. The summed E-state index contributed by atoms with van der Waals surface area (Å²) in [5.74, 6) is -1.52. The van der Waals surface area contributed by atoms with Crippen molar-refractivity contribution in [1.29, 1.82) is 0 Å². The molecule has 3 rings (SSSR count). The van der Waals surface area contributed by atoms with E-state index in [1.807, 2.05) is 0 Å². The zero-order valence-corrected chi connectivity index (χ0v) is 16.8. The van der Waals surface area contributed by atoms with Crippen molar-refractivity contribution >= 4 is 19.7 Å². The maximum atomic E-state index is 12.8. The number of aryl methyl sites for hydroxylation is 2. The number of rotatable bonds is 4. The number of phenolic OH excluding ortho intramolecular Hbond substituents is 2. The predicted molar refractivity (Wildman–Crippen MR) is 103 cm³/mol. The first-order valence-corrected chi connectivity index (χ1v) is 11.2. The highest BCUT2D eigenvalue weighted by Crippen LogP contribution is 2.38. The van der Waals surface area contributed by atoms with Gasteiger partial charge in [0.1, 0.15) is 21.3 Å². The zero-order valence-electron chi connectivity index (χ0n) is 15.1. The van der Waals surface area contributed by atoms with Gasteiger partial charge in [-0.2, -0.15) is 0 Å². The Balaban J connectivity index is 2.13. The third-order valence-corrected chi connectivity index (χ3v) is 7.88. The van der Waals surface area contributed by atoms with Gasteiger partial charge in [-0.25, -0.2) is 16.8 Å². The zero-order chi connectivity index (χ0) is 20.7. The van der Waals surface area contributed by atoms with E-state index in [4.69, 9.17) is 0 Å². The van der Waals surface area contributed by atoms with Crippen LogP contribution < -0.4 is 0 Å². The highest BCUT2D eigenvalue weighted by Gasteiger charge is 2.28. The van der Waals surface area contributed by atoms with Gasteiger partial charge < -0.3 is 10.2 Å². The maximum absolute atomic E-state index is 12.8. The van der Waals surface area contributed by atoms with Crippen LogP contribution in [-0.2, 0) is 19.7 Å². The molecule has 0 aliphatic rings. The summed E-state index contributed by atoms with van der Waals surface area (Å²) < 4.78 is 51.1. The van der Waals surface area contributed by atoms with E-state index in [-0.39, 0.29) is 9.79 Å². The van der Waals surface area contributed by atoms with Crippen molar-refractivity contribution in [3.8, 4) is 11.5 Å². The fraction of sp³-hybridized carbons (Fsp3) is 0.100. The third-order valence-electron chi connectivity index (χ3n) is 4.28. The Labute approximate surface area is 163 Å². The quantitative estimate of drug-likeness (QED) is 0.629. The Hall–Kier alpha value is -2.84. The summed E-state index contributed by atoms with van der Waals surface area (Å²) in [6, 6.07) is 13.4. The molecule has 3 aromatic carbocycles. The van der Waals surface area contributed by atoms with E-state index in [0.717, 1.165) is 23.3 Å². The largest absolute Gasteiger partial charge is 0.507 e. The molecule has 0 radical (unpaired) electrons. The number of hydrogen-bond acceptors (Lipinski definition) is 6. The average molecular weight is 418 g/mol. The van der Waals surface area contributed by atoms with Crippen LogP contribution in [0.3, 0.4) is 0 Å². The van der Waals surface area contributed by atoms with Gasteiger partial charge in [0.25, 0.3) is 0 Å². The molecule has 0 atom stereocenters. The molecule has 0 unspecified atom stereocenters. The van der Waals surface area contributed by atoms with Crippen molar-refractivity contribution in [2.45, 2.75) is 33.4 Å². The van der Waals surface area contributed by atoms with Crippen molar-refractivity contribution in [2.75, 3.05) is 0 Å². The van der Waals surface area contributed by atoms with Gasteiger partial charge in [0.2, 0.25) is 19.7 Å². The molecule has 0 fully saturated rings. The van der Waals surface area contributed by atoms with Crippen LogP contribution in [0.25, 0.3) is 0 Å². The molecule has 0 saturated carbocycles. The third kappa shape index (κ3) is 3.48. The molecule has 0 aliphatic carbocycles. The lowest BCUT2D eigenvalue weighted by molar-refractivity contribution is 0.433. The summed E-state index contributed by atoms with van der Waals surface area (Å²) in [7, 11) is -8.29. The molecule has 0 bridgehead atoms. The number of benzene rings is 3. The monoisotopic (exact) mass is 418 g/mol. The molecular formula is C20H18O6S2. The lowest BCUT2D eigenvalue weighted by Crippen LogP contribution is -2.06. The highest BCUT2D eigenvalue weighted by molar-refractivity contribution is 7.92. The second-order valence-corrected chi connectivity index (χ2v) is 10.3. The van der Waals surface area contributed by atoms with Gasteiger partial charge >= 0.3 is 0 Å². The van der Waals surface area contributed by atoms with E-state index in [1.165, 1.54) is 24.3 Å². The second kappa shape index (κ2) is 6.96. The van der Waals surface area contributed by atoms with E-state index >= 15 is 0 Å². The first-order valence-electron chi connectivity index (χ1n) is 8.23. The standard InChI is InChI=1S/C20H18O6S2/c1-13-3-7-15(8-4-13)27(23,24)19-11-18(22)20(12-17(19)21)28(25,26)16-9-5-14(2)6-10-16/h3-12,21-22H,1-2H3. The van der Waals surface area contributed by atoms with Crippen LogP contribution in [0.2, 0.25) is 0 Å². The van der Waals surface area contributed by atoms with Crippen LogP contribution in [-0.4, -0.2) is 27.0 Å². The summed E-state index contributed by atoms with van der Waals surface area (Å²) >= 11 is 0. The van der Waals surface area contributed by atoms with Gasteiger partial charge in [-0.1, -0.05) is 35.4 Å². The average Bonchev–Trinajstić information content (AvgIpc) is 2.63. The SMILES string of the molecule is Cc1ccc(S(=O)(=O)c2cc(O)c(S(=O)(=O)c3ccc(C)cc3)cc2O)cc1. The van der Waals surface area contributed by atoms with Crippen LogP contribution in [0.15, 0.2) is 80.2 Å². The molecule has 0 saturated heterocycles. The molecule has 0 amide bonds. The normalized spacial score (nSPS) is 12.1. The van der Waals surface area contributed by atoms with Gasteiger partial charge in [-0.05, 0) is 38.1 Å². The number of sulfone groups is 2. The van der Waals surface area contributed by atoms with Gasteiger partial charge in [0, 0.05) is 12.1 Å². The number of hydrogen-bond donors (Lipinski definition) is 2. The van der Waals surface area contributed by atoms with Crippen LogP contribution >= 0.6 is 0 Å². The molecule has 6 nitrogen and oxygen atoms in total. The van der Waals surface area contributed by atoms with Gasteiger partial charge in [0.05, 0.1) is 9.79 Å². The van der Waals surface area contributed by atoms with Gasteiger partial charge in [0.15, 0.2) is 0 Å². The molecule has 28 heavy (non-hydrogen) atoms. The Morgan fingerprint density at radius 3 is 1.14 bits per heavy atom. The topological polar surface area (TPSA) is 109 Å². The van der Waals surface area contributed by atoms with E-state index in [1.54, 1.807) is 38.1 Å². The molecule has 0 heterocycles. The first kappa shape index (κ1) is 19.9. The molecular weight excluding hydrogens is 400 g/mol. The Kier molecular flexibility index (Phi) is 4.95. The minimum Gasteiger partial charge on any atom is -0.507 e. The highest BCUT2D eigenvalue weighted by atomic mass is 32.2. The maximum Gasteiger partial charge on any atom is 0.210 e. The Bertz CT molecular complexity index is 1140. The predicted octanol–water partition coefficient (Wildman–Crippen LogP) is 3.38. The lowest BCUT2D eigenvalue weighted by atomic mass is 10.2. The summed E-state index contributed by atoms with van der Waals surface area (Å²) in [5, 5.41) is 20.5. The van der Waals surface area contributed by atoms with Crippen molar-refractivity contribution < 1.29 is 27.0 Å². The van der Waals surface area contributed by atoms with E-state index in [2.05, 4.69) is 0 Å².